The molecule has 0 unspecified atom stereocenters. The summed E-state index contributed by atoms with van der Waals surface area (Å²) >= 11 is 6.16. The van der Waals surface area contributed by atoms with Gasteiger partial charge in [0.15, 0.2) is 0 Å². The van der Waals surface area contributed by atoms with E-state index in [9.17, 15) is 0 Å². The van der Waals surface area contributed by atoms with Crippen LogP contribution in [-0.4, -0.2) is 0 Å². The zero-order valence-electron chi connectivity index (χ0n) is 9.15. The van der Waals surface area contributed by atoms with E-state index in [2.05, 4.69) is 6.07 Å². The summed E-state index contributed by atoms with van der Waals surface area (Å²) in [5.74, 6) is 0. The first-order chi connectivity index (χ1) is 7.68. The van der Waals surface area contributed by atoms with E-state index in [4.69, 9.17) is 17.3 Å². The van der Waals surface area contributed by atoms with Crippen molar-refractivity contribution >= 4 is 11.6 Å². The maximum absolute atomic E-state index is 6.16. The molecule has 0 heterocycles. The Morgan fingerprint density at radius 2 is 1.81 bits per heavy atom. The van der Waals surface area contributed by atoms with Crippen molar-refractivity contribution in [3.8, 4) is 11.1 Å². The first kappa shape index (κ1) is 11.2. The Bertz CT molecular complexity index is 492. The van der Waals surface area contributed by atoms with Gasteiger partial charge >= 0.3 is 0 Å². The van der Waals surface area contributed by atoms with Gasteiger partial charge in [-0.3, -0.25) is 0 Å². The van der Waals surface area contributed by atoms with Crippen LogP contribution in [-0.2, 0) is 0 Å². The van der Waals surface area contributed by atoms with Crippen molar-refractivity contribution in [3.05, 3.63) is 59.1 Å². The summed E-state index contributed by atoms with van der Waals surface area (Å²) in [4.78, 5) is 0. The normalized spacial score (nSPS) is 12.4. The van der Waals surface area contributed by atoms with Crippen molar-refractivity contribution in [2.45, 2.75) is 13.0 Å². The maximum atomic E-state index is 6.16. The SMILES string of the molecule is C[C@H](N)c1cccc(-c2ccccc2Cl)c1. The van der Waals surface area contributed by atoms with Crippen molar-refractivity contribution in [1.82, 2.24) is 0 Å². The summed E-state index contributed by atoms with van der Waals surface area (Å²) in [7, 11) is 0. The van der Waals surface area contributed by atoms with Gasteiger partial charge in [0.25, 0.3) is 0 Å². The number of halogens is 1. The van der Waals surface area contributed by atoms with E-state index in [0.29, 0.717) is 0 Å². The Labute approximate surface area is 101 Å². The minimum absolute atomic E-state index is 0.0439. The minimum Gasteiger partial charge on any atom is -0.324 e. The monoisotopic (exact) mass is 231 g/mol. The predicted molar refractivity (Wildman–Crippen MR) is 69.5 cm³/mol. The maximum Gasteiger partial charge on any atom is 0.0484 e. The molecule has 0 aliphatic heterocycles. The van der Waals surface area contributed by atoms with E-state index in [1.54, 1.807) is 0 Å². The summed E-state index contributed by atoms with van der Waals surface area (Å²) in [6.45, 7) is 1.98. The first-order valence-electron chi connectivity index (χ1n) is 5.29. The van der Waals surface area contributed by atoms with E-state index in [1.807, 2.05) is 49.4 Å². The van der Waals surface area contributed by atoms with Gasteiger partial charge in [-0.15, -0.1) is 0 Å². The Kier molecular flexibility index (Phi) is 3.28. The highest BCUT2D eigenvalue weighted by atomic mass is 35.5. The molecule has 1 atom stereocenters. The fraction of sp³-hybridized carbons (Fsp3) is 0.143. The van der Waals surface area contributed by atoms with Crippen molar-refractivity contribution in [3.63, 3.8) is 0 Å². The Balaban J connectivity index is 2.49. The van der Waals surface area contributed by atoms with Crippen molar-refractivity contribution in [2.75, 3.05) is 0 Å². The van der Waals surface area contributed by atoms with Gasteiger partial charge in [0, 0.05) is 16.6 Å². The minimum atomic E-state index is 0.0439. The average Bonchev–Trinajstić information content (AvgIpc) is 2.30. The second-order valence-electron chi connectivity index (χ2n) is 3.89. The Morgan fingerprint density at radius 3 is 2.50 bits per heavy atom. The van der Waals surface area contributed by atoms with E-state index in [-0.39, 0.29) is 6.04 Å². The third-order valence-corrected chi connectivity index (χ3v) is 2.93. The second kappa shape index (κ2) is 4.69. The zero-order valence-corrected chi connectivity index (χ0v) is 9.91. The van der Waals surface area contributed by atoms with Gasteiger partial charge in [0.05, 0.1) is 0 Å². The smallest absolute Gasteiger partial charge is 0.0484 e. The molecule has 2 heteroatoms. The molecule has 1 nitrogen and oxygen atoms in total. The molecule has 0 saturated heterocycles. The lowest BCUT2D eigenvalue weighted by molar-refractivity contribution is 0.819. The molecule has 0 fully saturated rings. The number of nitrogens with two attached hydrogens (primary N) is 1. The number of benzene rings is 2. The molecular formula is C14H14ClN. The van der Waals surface area contributed by atoms with Crippen molar-refractivity contribution < 1.29 is 0 Å². The molecule has 0 aromatic heterocycles. The topological polar surface area (TPSA) is 26.0 Å². The van der Waals surface area contributed by atoms with Gasteiger partial charge in [-0.2, -0.15) is 0 Å². The molecule has 0 spiro atoms. The molecule has 0 aliphatic carbocycles. The third-order valence-electron chi connectivity index (χ3n) is 2.60. The van der Waals surface area contributed by atoms with Crippen LogP contribution in [0.5, 0.6) is 0 Å². The van der Waals surface area contributed by atoms with Crippen LogP contribution in [0, 0.1) is 0 Å². The Morgan fingerprint density at radius 1 is 1.06 bits per heavy atom. The van der Waals surface area contributed by atoms with Crippen LogP contribution in [0.1, 0.15) is 18.5 Å². The van der Waals surface area contributed by atoms with Crippen LogP contribution in [0.3, 0.4) is 0 Å². The van der Waals surface area contributed by atoms with Gasteiger partial charge < -0.3 is 5.73 Å². The molecule has 2 rings (SSSR count). The summed E-state index contributed by atoms with van der Waals surface area (Å²) in [5.41, 5.74) is 9.15. The predicted octanol–water partition coefficient (Wildman–Crippen LogP) is 4.03. The van der Waals surface area contributed by atoms with Gasteiger partial charge in [-0.1, -0.05) is 48.0 Å². The molecule has 0 radical (unpaired) electrons. The van der Waals surface area contributed by atoms with Gasteiger partial charge in [-0.25, -0.2) is 0 Å². The number of rotatable bonds is 2. The van der Waals surface area contributed by atoms with E-state index in [1.165, 1.54) is 0 Å². The zero-order chi connectivity index (χ0) is 11.5. The molecule has 0 amide bonds. The van der Waals surface area contributed by atoms with Crippen LogP contribution >= 0.6 is 11.6 Å². The molecule has 82 valence electrons. The summed E-state index contributed by atoms with van der Waals surface area (Å²) < 4.78 is 0. The van der Waals surface area contributed by atoms with Gasteiger partial charge in [-0.05, 0) is 30.2 Å². The summed E-state index contributed by atoms with van der Waals surface area (Å²) in [5, 5.41) is 0.768. The summed E-state index contributed by atoms with van der Waals surface area (Å²) in [6, 6.07) is 16.1. The number of hydrogen-bond donors (Lipinski definition) is 1. The van der Waals surface area contributed by atoms with Crippen LogP contribution < -0.4 is 5.73 Å². The van der Waals surface area contributed by atoms with Crippen LogP contribution in [0.4, 0.5) is 0 Å². The van der Waals surface area contributed by atoms with Gasteiger partial charge in [0.1, 0.15) is 0 Å². The largest absolute Gasteiger partial charge is 0.324 e. The van der Waals surface area contributed by atoms with Gasteiger partial charge in [0.2, 0.25) is 0 Å². The highest BCUT2D eigenvalue weighted by Crippen LogP contribution is 2.28. The van der Waals surface area contributed by atoms with Crippen LogP contribution in [0.25, 0.3) is 11.1 Å². The quantitative estimate of drug-likeness (QED) is 0.830. The standard InChI is InChI=1S/C14H14ClN/c1-10(16)11-5-4-6-12(9-11)13-7-2-3-8-14(13)15/h2-10H,16H2,1H3/t10-/m0/s1. The van der Waals surface area contributed by atoms with E-state index in [0.717, 1.165) is 21.7 Å². The molecular weight excluding hydrogens is 218 g/mol. The molecule has 2 aromatic carbocycles. The average molecular weight is 232 g/mol. The molecule has 2 aromatic rings. The molecule has 0 bridgehead atoms. The van der Waals surface area contributed by atoms with Crippen molar-refractivity contribution in [1.29, 1.82) is 0 Å². The van der Waals surface area contributed by atoms with Crippen LogP contribution in [0.2, 0.25) is 5.02 Å². The molecule has 0 saturated carbocycles. The lowest BCUT2D eigenvalue weighted by Crippen LogP contribution is -2.04. The molecule has 16 heavy (non-hydrogen) atoms. The third kappa shape index (κ3) is 2.26. The van der Waals surface area contributed by atoms with Crippen LogP contribution in [0.15, 0.2) is 48.5 Å². The Hall–Kier alpha value is -1.31. The fourth-order valence-electron chi connectivity index (χ4n) is 1.68. The fourth-order valence-corrected chi connectivity index (χ4v) is 1.93. The van der Waals surface area contributed by atoms with E-state index < -0.39 is 0 Å². The molecule has 2 N–H and O–H groups in total. The highest BCUT2D eigenvalue weighted by molar-refractivity contribution is 6.33. The lowest BCUT2D eigenvalue weighted by atomic mass is 10.0. The number of hydrogen-bond acceptors (Lipinski definition) is 1. The van der Waals surface area contributed by atoms with E-state index >= 15 is 0 Å². The molecule has 0 aliphatic rings. The second-order valence-corrected chi connectivity index (χ2v) is 4.30. The van der Waals surface area contributed by atoms with Crippen molar-refractivity contribution in [2.24, 2.45) is 5.73 Å². The first-order valence-corrected chi connectivity index (χ1v) is 5.67. The highest BCUT2D eigenvalue weighted by Gasteiger charge is 2.04. The summed E-state index contributed by atoms with van der Waals surface area (Å²) in [6.07, 6.45) is 0. The lowest BCUT2D eigenvalue weighted by Gasteiger charge is -2.09.